The van der Waals surface area contributed by atoms with Crippen LogP contribution < -0.4 is 4.74 Å². The molecule has 10 rings (SSSR count). The summed E-state index contributed by atoms with van der Waals surface area (Å²) in [4.78, 5) is 15.2. The SMILES string of the molecule is C1=CCC2C(=C1)Oc1ccc3ccc(-c4nc(-c5ccccc5)nc(-c5cccc(-c6cccc7oc8ccccc8c67)c5)n4)cc3c12. The normalized spacial score (nSPS) is 15.0. The molecule has 2 aromatic heterocycles. The maximum absolute atomic E-state index is 6.27. The molecule has 6 aromatic carbocycles. The second-order valence-corrected chi connectivity index (χ2v) is 12.3. The fraction of sp³-hybridized carbons (Fsp3) is 0.0465. The molecule has 0 amide bonds. The predicted molar refractivity (Wildman–Crippen MR) is 192 cm³/mol. The van der Waals surface area contributed by atoms with Crippen molar-refractivity contribution in [3.63, 3.8) is 0 Å². The number of hydrogen-bond donors (Lipinski definition) is 0. The molecule has 5 nitrogen and oxygen atoms in total. The van der Waals surface area contributed by atoms with Gasteiger partial charge in [-0.25, -0.2) is 15.0 Å². The summed E-state index contributed by atoms with van der Waals surface area (Å²) in [5.74, 6) is 4.04. The number of aromatic nitrogens is 3. The van der Waals surface area contributed by atoms with E-state index in [9.17, 15) is 0 Å². The van der Waals surface area contributed by atoms with Crippen molar-refractivity contribution in [3.8, 4) is 51.0 Å². The van der Waals surface area contributed by atoms with E-state index in [0.29, 0.717) is 17.5 Å². The first kappa shape index (κ1) is 26.8. The van der Waals surface area contributed by atoms with Crippen molar-refractivity contribution in [2.45, 2.75) is 12.3 Å². The van der Waals surface area contributed by atoms with Crippen LogP contribution in [0, 0.1) is 0 Å². The van der Waals surface area contributed by atoms with Crippen molar-refractivity contribution >= 4 is 32.7 Å². The largest absolute Gasteiger partial charge is 0.461 e. The molecular weight excluding hydrogens is 590 g/mol. The number of allylic oxidation sites excluding steroid dienone is 4. The topological polar surface area (TPSA) is 61.0 Å². The molecule has 8 aromatic rings. The van der Waals surface area contributed by atoms with Gasteiger partial charge in [0.2, 0.25) is 0 Å². The molecule has 226 valence electrons. The molecule has 1 aliphatic carbocycles. The van der Waals surface area contributed by atoms with Crippen LogP contribution in [0.5, 0.6) is 5.75 Å². The molecule has 1 unspecified atom stereocenters. The second kappa shape index (κ2) is 10.6. The summed E-state index contributed by atoms with van der Waals surface area (Å²) in [5, 5.41) is 4.54. The van der Waals surface area contributed by atoms with E-state index in [-0.39, 0.29) is 5.92 Å². The average Bonchev–Trinajstić information content (AvgIpc) is 3.74. The van der Waals surface area contributed by atoms with Gasteiger partial charge in [-0.3, -0.25) is 0 Å². The summed E-state index contributed by atoms with van der Waals surface area (Å²) >= 11 is 0. The molecule has 1 atom stereocenters. The van der Waals surface area contributed by atoms with Gasteiger partial charge >= 0.3 is 0 Å². The minimum Gasteiger partial charge on any atom is -0.461 e. The maximum Gasteiger partial charge on any atom is 0.164 e. The molecule has 0 fully saturated rings. The van der Waals surface area contributed by atoms with E-state index in [1.165, 1.54) is 16.3 Å². The van der Waals surface area contributed by atoms with Gasteiger partial charge in [0.1, 0.15) is 22.7 Å². The standard InChI is InChI=1S/C43H27N3O2/c1-2-10-27(11-3-1)41-44-42(29-13-8-12-28(24-29)31-16-9-19-37-39(31)32-14-4-6-17-35(32)47-37)46-43(45-41)30-21-20-26-22-23-38-40(34(26)25-30)33-15-5-7-18-36(33)48-38/h1-14,16-25,33H,15H2. The predicted octanol–water partition coefficient (Wildman–Crippen LogP) is 10.9. The number of hydrogen-bond acceptors (Lipinski definition) is 5. The van der Waals surface area contributed by atoms with Crippen molar-refractivity contribution in [1.82, 2.24) is 15.0 Å². The van der Waals surface area contributed by atoms with Gasteiger partial charge in [-0.05, 0) is 64.7 Å². The minimum atomic E-state index is 0.220. The Morgan fingerprint density at radius 1 is 0.562 bits per heavy atom. The third kappa shape index (κ3) is 4.28. The molecule has 5 heteroatoms. The number of fused-ring (bicyclic) bond motifs is 8. The highest BCUT2D eigenvalue weighted by molar-refractivity contribution is 6.12. The Morgan fingerprint density at radius 2 is 1.27 bits per heavy atom. The molecule has 0 saturated heterocycles. The van der Waals surface area contributed by atoms with Crippen molar-refractivity contribution in [2.75, 3.05) is 0 Å². The Morgan fingerprint density at radius 3 is 2.17 bits per heavy atom. The van der Waals surface area contributed by atoms with Gasteiger partial charge in [0.25, 0.3) is 0 Å². The van der Waals surface area contributed by atoms with Crippen LogP contribution in [0.3, 0.4) is 0 Å². The number of ether oxygens (including phenoxy) is 1. The van der Waals surface area contributed by atoms with Gasteiger partial charge < -0.3 is 9.15 Å². The zero-order valence-electron chi connectivity index (χ0n) is 25.8. The van der Waals surface area contributed by atoms with Gasteiger partial charge in [-0.15, -0.1) is 0 Å². The summed E-state index contributed by atoms with van der Waals surface area (Å²) in [6.45, 7) is 0. The lowest BCUT2D eigenvalue weighted by molar-refractivity contribution is 0.425. The summed E-state index contributed by atoms with van der Waals surface area (Å²) in [6, 6.07) is 43.7. The fourth-order valence-corrected chi connectivity index (χ4v) is 7.20. The summed E-state index contributed by atoms with van der Waals surface area (Å²) in [6.07, 6.45) is 7.30. The van der Waals surface area contributed by atoms with Gasteiger partial charge in [0.05, 0.1) is 0 Å². The lowest BCUT2D eigenvalue weighted by Gasteiger charge is -2.14. The maximum atomic E-state index is 6.27. The van der Waals surface area contributed by atoms with Gasteiger partial charge in [0, 0.05) is 38.9 Å². The third-order valence-corrected chi connectivity index (χ3v) is 9.47. The molecular formula is C43H27N3O2. The van der Waals surface area contributed by atoms with Crippen LogP contribution in [-0.4, -0.2) is 15.0 Å². The molecule has 0 radical (unpaired) electrons. The van der Waals surface area contributed by atoms with E-state index in [1.54, 1.807) is 0 Å². The first-order valence-corrected chi connectivity index (χ1v) is 16.2. The van der Waals surface area contributed by atoms with Crippen molar-refractivity contribution in [1.29, 1.82) is 0 Å². The minimum absolute atomic E-state index is 0.220. The molecule has 48 heavy (non-hydrogen) atoms. The van der Waals surface area contributed by atoms with Crippen LogP contribution in [0.1, 0.15) is 17.9 Å². The number of rotatable bonds is 4. The Labute approximate surface area is 276 Å². The van der Waals surface area contributed by atoms with Gasteiger partial charge in [0.15, 0.2) is 17.5 Å². The average molecular weight is 618 g/mol. The van der Waals surface area contributed by atoms with Crippen LogP contribution >= 0.6 is 0 Å². The van der Waals surface area contributed by atoms with Crippen LogP contribution in [0.25, 0.3) is 78.0 Å². The van der Waals surface area contributed by atoms with Crippen molar-refractivity contribution in [3.05, 3.63) is 157 Å². The second-order valence-electron chi connectivity index (χ2n) is 12.3. The number of para-hydroxylation sites is 1. The molecule has 0 spiro atoms. The molecule has 0 saturated carbocycles. The Bertz CT molecular complexity index is 2630. The van der Waals surface area contributed by atoms with Crippen LogP contribution in [-0.2, 0) is 0 Å². The first-order chi connectivity index (χ1) is 23.8. The molecule has 2 aliphatic rings. The highest BCUT2D eigenvalue weighted by Gasteiger charge is 2.31. The van der Waals surface area contributed by atoms with Crippen molar-refractivity contribution in [2.24, 2.45) is 0 Å². The monoisotopic (exact) mass is 617 g/mol. The molecule has 0 bridgehead atoms. The van der Waals surface area contributed by atoms with E-state index < -0.39 is 0 Å². The summed E-state index contributed by atoms with van der Waals surface area (Å²) in [5.41, 5.74) is 7.94. The number of nitrogens with zero attached hydrogens (tertiary/aromatic N) is 3. The quantitative estimate of drug-likeness (QED) is 0.197. The number of benzene rings is 6. The highest BCUT2D eigenvalue weighted by atomic mass is 16.5. The smallest absolute Gasteiger partial charge is 0.164 e. The van der Waals surface area contributed by atoms with E-state index in [1.807, 2.05) is 54.6 Å². The molecule has 1 aliphatic heterocycles. The lowest BCUT2D eigenvalue weighted by atomic mass is 9.88. The van der Waals surface area contributed by atoms with E-state index >= 15 is 0 Å². The molecule has 0 N–H and O–H groups in total. The summed E-state index contributed by atoms with van der Waals surface area (Å²) in [7, 11) is 0. The van der Waals surface area contributed by atoms with E-state index in [2.05, 4.69) is 91.0 Å². The van der Waals surface area contributed by atoms with Crippen LogP contribution in [0.4, 0.5) is 0 Å². The Kier molecular flexibility index (Phi) is 5.93. The highest BCUT2D eigenvalue weighted by Crippen LogP contribution is 2.48. The van der Waals surface area contributed by atoms with Crippen LogP contribution in [0.15, 0.2) is 156 Å². The van der Waals surface area contributed by atoms with Crippen molar-refractivity contribution < 1.29 is 9.15 Å². The van der Waals surface area contributed by atoms with Gasteiger partial charge in [-0.2, -0.15) is 0 Å². The van der Waals surface area contributed by atoms with Gasteiger partial charge in [-0.1, -0.05) is 109 Å². The lowest BCUT2D eigenvalue weighted by Crippen LogP contribution is -2.01. The van der Waals surface area contributed by atoms with Crippen LogP contribution in [0.2, 0.25) is 0 Å². The molecule has 3 heterocycles. The first-order valence-electron chi connectivity index (χ1n) is 16.2. The Hall–Kier alpha value is -6.33. The Balaban J connectivity index is 1.14. The van der Waals surface area contributed by atoms with E-state index in [4.69, 9.17) is 24.1 Å². The number of furan rings is 1. The van der Waals surface area contributed by atoms with E-state index in [0.717, 1.165) is 67.7 Å². The summed E-state index contributed by atoms with van der Waals surface area (Å²) < 4.78 is 12.5. The third-order valence-electron chi connectivity index (χ3n) is 9.47. The zero-order valence-corrected chi connectivity index (χ0v) is 25.8. The fourth-order valence-electron chi connectivity index (χ4n) is 7.20. The zero-order chi connectivity index (χ0) is 31.6.